The molecule has 1 heterocycles. The lowest BCUT2D eigenvalue weighted by molar-refractivity contribution is 0.252. The van der Waals surface area contributed by atoms with Gasteiger partial charge in [-0.2, -0.15) is 0 Å². The molecule has 3 rings (SSSR count). The van der Waals surface area contributed by atoms with Crippen molar-refractivity contribution in [1.82, 2.24) is 5.32 Å². The molecule has 2 unspecified atom stereocenters. The highest BCUT2D eigenvalue weighted by molar-refractivity contribution is 6.30. The molecule has 0 radical (unpaired) electrons. The number of hydrogen-bond acceptors (Lipinski definition) is 2. The lowest BCUT2D eigenvalue weighted by Gasteiger charge is -2.47. The van der Waals surface area contributed by atoms with E-state index in [9.17, 15) is 4.39 Å². The van der Waals surface area contributed by atoms with Crippen LogP contribution in [0.1, 0.15) is 33.1 Å². The number of hydrogen-bond donors (Lipinski definition) is 1. The molecule has 0 amide bonds. The third-order valence-corrected chi connectivity index (χ3v) is 5.17. The fourth-order valence-corrected chi connectivity index (χ4v) is 3.44. The van der Waals surface area contributed by atoms with Crippen LogP contribution in [-0.2, 0) is 0 Å². The molecule has 2 aliphatic rings. The van der Waals surface area contributed by atoms with E-state index in [1.807, 2.05) is 6.07 Å². The molecule has 1 saturated heterocycles. The first-order chi connectivity index (χ1) is 9.53. The van der Waals surface area contributed by atoms with E-state index < -0.39 is 0 Å². The Labute approximate surface area is 125 Å². The highest BCUT2D eigenvalue weighted by atomic mass is 35.5. The molecule has 1 aromatic rings. The highest BCUT2D eigenvalue weighted by Crippen LogP contribution is 2.42. The van der Waals surface area contributed by atoms with Crippen molar-refractivity contribution in [3.63, 3.8) is 0 Å². The summed E-state index contributed by atoms with van der Waals surface area (Å²) in [5.41, 5.74) is 1.11. The van der Waals surface area contributed by atoms with Crippen LogP contribution in [0.3, 0.4) is 0 Å². The monoisotopic (exact) mass is 296 g/mol. The van der Waals surface area contributed by atoms with Crippen molar-refractivity contribution in [2.75, 3.05) is 18.0 Å². The van der Waals surface area contributed by atoms with E-state index in [0.29, 0.717) is 6.04 Å². The number of nitrogens with one attached hydrogen (secondary N) is 1. The Morgan fingerprint density at radius 1 is 1.45 bits per heavy atom. The third-order valence-electron chi connectivity index (χ3n) is 4.87. The van der Waals surface area contributed by atoms with Gasteiger partial charge in [0, 0.05) is 30.4 Å². The number of piperazine rings is 1. The average Bonchev–Trinajstić information content (AvgIpc) is 3.27. The van der Waals surface area contributed by atoms with Crippen LogP contribution in [0.25, 0.3) is 0 Å². The van der Waals surface area contributed by atoms with Gasteiger partial charge < -0.3 is 10.2 Å². The maximum Gasteiger partial charge on any atom is 0.143 e. The van der Waals surface area contributed by atoms with Crippen molar-refractivity contribution in [3.8, 4) is 0 Å². The van der Waals surface area contributed by atoms with Crippen molar-refractivity contribution in [2.45, 2.75) is 44.7 Å². The van der Waals surface area contributed by atoms with Gasteiger partial charge in [-0.1, -0.05) is 18.5 Å². The van der Waals surface area contributed by atoms with Gasteiger partial charge in [0.05, 0.1) is 5.02 Å². The first-order valence-corrected chi connectivity index (χ1v) is 7.88. The molecule has 2 nitrogen and oxygen atoms in total. The van der Waals surface area contributed by atoms with Crippen LogP contribution < -0.4 is 10.2 Å². The lowest BCUT2D eigenvalue weighted by Crippen LogP contribution is -2.64. The molecule has 1 saturated carbocycles. The van der Waals surface area contributed by atoms with Crippen molar-refractivity contribution in [3.05, 3.63) is 29.0 Å². The molecule has 2 atom stereocenters. The first-order valence-electron chi connectivity index (χ1n) is 7.50. The Morgan fingerprint density at radius 2 is 2.20 bits per heavy atom. The average molecular weight is 297 g/mol. The number of nitrogens with zero attached hydrogens (tertiary/aromatic N) is 1. The summed E-state index contributed by atoms with van der Waals surface area (Å²) in [6.45, 7) is 6.40. The lowest BCUT2D eigenvalue weighted by atomic mass is 9.90. The molecule has 1 aromatic carbocycles. The van der Waals surface area contributed by atoms with Crippen molar-refractivity contribution in [2.24, 2.45) is 5.92 Å². The van der Waals surface area contributed by atoms with Crippen LogP contribution in [0, 0.1) is 11.7 Å². The Morgan fingerprint density at radius 3 is 2.80 bits per heavy atom. The molecular formula is C16H22ClFN2. The quantitative estimate of drug-likeness (QED) is 0.912. The maximum atomic E-state index is 13.8. The molecule has 1 aliphatic heterocycles. The molecule has 4 heteroatoms. The molecule has 0 bridgehead atoms. The first kappa shape index (κ1) is 14.2. The van der Waals surface area contributed by atoms with Gasteiger partial charge in [-0.05, 0) is 50.3 Å². The molecular weight excluding hydrogens is 275 g/mol. The Hall–Kier alpha value is -0.800. The normalized spacial score (nSPS) is 30.6. The highest BCUT2D eigenvalue weighted by Gasteiger charge is 2.45. The number of anilines is 1. The van der Waals surface area contributed by atoms with Gasteiger partial charge in [-0.25, -0.2) is 4.39 Å². The van der Waals surface area contributed by atoms with Gasteiger partial charge in [-0.3, -0.25) is 0 Å². The van der Waals surface area contributed by atoms with Crippen LogP contribution in [0.4, 0.5) is 10.1 Å². The van der Waals surface area contributed by atoms with E-state index in [1.54, 1.807) is 12.1 Å². The molecule has 2 fully saturated rings. The second kappa shape index (κ2) is 5.19. The Balaban J connectivity index is 1.88. The summed E-state index contributed by atoms with van der Waals surface area (Å²) in [5, 5.41) is 3.92. The summed E-state index contributed by atoms with van der Waals surface area (Å²) in [7, 11) is 0. The minimum atomic E-state index is -0.328. The van der Waals surface area contributed by atoms with Gasteiger partial charge in [0.25, 0.3) is 0 Å². The van der Waals surface area contributed by atoms with Gasteiger partial charge >= 0.3 is 0 Å². The fraction of sp³-hybridized carbons (Fsp3) is 0.625. The minimum absolute atomic E-state index is 0.155. The second-order valence-electron chi connectivity index (χ2n) is 6.36. The van der Waals surface area contributed by atoms with E-state index in [-0.39, 0.29) is 16.4 Å². The molecule has 110 valence electrons. The van der Waals surface area contributed by atoms with Crippen LogP contribution in [-0.4, -0.2) is 24.7 Å². The Kier molecular flexibility index (Phi) is 3.67. The van der Waals surface area contributed by atoms with E-state index >= 15 is 0 Å². The summed E-state index contributed by atoms with van der Waals surface area (Å²) in [5.74, 6) is 0.436. The van der Waals surface area contributed by atoms with Crippen molar-refractivity contribution < 1.29 is 4.39 Å². The van der Waals surface area contributed by atoms with E-state index in [4.69, 9.17) is 11.6 Å². The summed E-state index contributed by atoms with van der Waals surface area (Å²) < 4.78 is 13.8. The smallest absolute Gasteiger partial charge is 0.143 e. The van der Waals surface area contributed by atoms with Crippen molar-refractivity contribution in [1.29, 1.82) is 0 Å². The number of halogens is 2. The largest absolute Gasteiger partial charge is 0.365 e. The predicted octanol–water partition coefficient (Wildman–Crippen LogP) is 3.84. The molecule has 1 N–H and O–H groups in total. The summed E-state index contributed by atoms with van der Waals surface area (Å²) >= 11 is 5.80. The van der Waals surface area contributed by atoms with E-state index in [2.05, 4.69) is 24.1 Å². The molecule has 20 heavy (non-hydrogen) atoms. The second-order valence-corrected chi connectivity index (χ2v) is 6.77. The summed E-state index contributed by atoms with van der Waals surface area (Å²) in [6.07, 6.45) is 3.67. The van der Waals surface area contributed by atoms with Crippen molar-refractivity contribution >= 4 is 17.3 Å². The van der Waals surface area contributed by atoms with Gasteiger partial charge in [0.2, 0.25) is 0 Å². The van der Waals surface area contributed by atoms with E-state index in [0.717, 1.165) is 31.1 Å². The Bertz CT molecular complexity index is 503. The molecule has 0 aromatic heterocycles. The number of rotatable bonds is 3. The zero-order valence-corrected chi connectivity index (χ0v) is 12.9. The number of benzene rings is 1. The summed E-state index contributed by atoms with van der Waals surface area (Å²) in [6, 6.07) is 5.59. The predicted molar refractivity (Wildman–Crippen MR) is 82.0 cm³/mol. The maximum absolute atomic E-state index is 13.8. The van der Waals surface area contributed by atoms with Gasteiger partial charge in [0.15, 0.2) is 0 Å². The van der Waals surface area contributed by atoms with Gasteiger partial charge in [0.1, 0.15) is 5.82 Å². The summed E-state index contributed by atoms with van der Waals surface area (Å²) in [4.78, 5) is 2.36. The molecule has 0 spiro atoms. The van der Waals surface area contributed by atoms with Crippen LogP contribution in [0.15, 0.2) is 18.2 Å². The van der Waals surface area contributed by atoms with Crippen LogP contribution in [0.2, 0.25) is 5.02 Å². The SMILES string of the molecule is CCC1CNC(C)(C2CC2)CN1c1ccc(Cl)c(F)c1. The van der Waals surface area contributed by atoms with Crippen LogP contribution >= 0.6 is 11.6 Å². The fourth-order valence-electron chi connectivity index (χ4n) is 3.32. The zero-order valence-electron chi connectivity index (χ0n) is 12.1. The minimum Gasteiger partial charge on any atom is -0.365 e. The van der Waals surface area contributed by atoms with Crippen LogP contribution in [0.5, 0.6) is 0 Å². The van der Waals surface area contributed by atoms with E-state index in [1.165, 1.54) is 12.8 Å². The third kappa shape index (κ3) is 2.53. The zero-order chi connectivity index (χ0) is 14.3. The molecule has 1 aliphatic carbocycles. The van der Waals surface area contributed by atoms with Gasteiger partial charge in [-0.15, -0.1) is 0 Å². The standard InChI is InChI=1S/C16H22ClFN2/c1-3-12-9-19-16(2,11-4-5-11)10-20(12)13-6-7-14(17)15(18)8-13/h6-8,11-12,19H,3-5,9-10H2,1-2H3. The topological polar surface area (TPSA) is 15.3 Å².